The molecule has 0 radical (unpaired) electrons. The van der Waals surface area contributed by atoms with Crippen LogP contribution in [0.5, 0.6) is 0 Å². The Morgan fingerprint density at radius 2 is 1.77 bits per heavy atom. The number of rotatable bonds is 5. The van der Waals surface area contributed by atoms with E-state index in [2.05, 4.69) is 5.32 Å². The molecule has 0 aromatic heterocycles. The first kappa shape index (κ1) is 16.0. The standard InChI is InChI=1S/C16H15F3N2O/c1-10(11-2-7-14(18)15(19)8-11)20-9-16(22)21-13-5-3-12(17)4-6-13/h2-8,10,20H,9H2,1H3,(H,21,22)/p+1/t10-/m1/s1. The van der Waals surface area contributed by atoms with Crippen molar-refractivity contribution < 1.29 is 23.3 Å². The molecule has 0 fully saturated rings. The summed E-state index contributed by atoms with van der Waals surface area (Å²) >= 11 is 0. The van der Waals surface area contributed by atoms with Crippen molar-refractivity contribution in [3.8, 4) is 0 Å². The van der Waals surface area contributed by atoms with Crippen molar-refractivity contribution in [1.29, 1.82) is 0 Å². The summed E-state index contributed by atoms with van der Waals surface area (Å²) in [6, 6.07) is 8.90. The molecule has 0 aliphatic heterocycles. The number of anilines is 1. The molecule has 0 saturated carbocycles. The van der Waals surface area contributed by atoms with Gasteiger partial charge in [0.05, 0.1) is 0 Å². The Morgan fingerprint density at radius 3 is 2.41 bits per heavy atom. The summed E-state index contributed by atoms with van der Waals surface area (Å²) in [5, 5.41) is 4.33. The van der Waals surface area contributed by atoms with Gasteiger partial charge in [-0.3, -0.25) is 4.79 Å². The van der Waals surface area contributed by atoms with Crippen LogP contribution in [0.2, 0.25) is 0 Å². The Kier molecular flexibility index (Phi) is 5.16. The van der Waals surface area contributed by atoms with Gasteiger partial charge in [0.15, 0.2) is 18.2 Å². The van der Waals surface area contributed by atoms with E-state index in [9.17, 15) is 18.0 Å². The van der Waals surface area contributed by atoms with Gasteiger partial charge in [-0.05, 0) is 49.4 Å². The van der Waals surface area contributed by atoms with Gasteiger partial charge in [0.2, 0.25) is 0 Å². The van der Waals surface area contributed by atoms with Crippen molar-refractivity contribution >= 4 is 11.6 Å². The highest BCUT2D eigenvalue weighted by molar-refractivity contribution is 5.91. The zero-order valence-corrected chi connectivity index (χ0v) is 11.9. The lowest BCUT2D eigenvalue weighted by Crippen LogP contribution is -2.86. The fourth-order valence-corrected chi connectivity index (χ4v) is 1.96. The number of nitrogens with two attached hydrogens (primary N) is 1. The van der Waals surface area contributed by atoms with Crippen molar-refractivity contribution in [2.24, 2.45) is 0 Å². The van der Waals surface area contributed by atoms with Crippen LogP contribution in [0.25, 0.3) is 0 Å². The van der Waals surface area contributed by atoms with Gasteiger partial charge in [0, 0.05) is 11.3 Å². The number of quaternary nitrogens is 1. The molecule has 0 aliphatic rings. The van der Waals surface area contributed by atoms with E-state index in [4.69, 9.17) is 0 Å². The average molecular weight is 309 g/mol. The lowest BCUT2D eigenvalue weighted by atomic mass is 10.1. The second kappa shape index (κ2) is 7.09. The van der Waals surface area contributed by atoms with Crippen LogP contribution < -0.4 is 10.6 Å². The summed E-state index contributed by atoms with van der Waals surface area (Å²) in [7, 11) is 0. The minimum absolute atomic E-state index is 0.109. The Hall–Kier alpha value is -2.34. The van der Waals surface area contributed by atoms with Crippen LogP contribution in [0.4, 0.5) is 18.9 Å². The maximum Gasteiger partial charge on any atom is 0.279 e. The molecule has 0 saturated heterocycles. The summed E-state index contributed by atoms with van der Waals surface area (Å²) in [6.45, 7) is 1.90. The summed E-state index contributed by atoms with van der Waals surface area (Å²) in [6.07, 6.45) is 0. The third kappa shape index (κ3) is 4.33. The third-order valence-corrected chi connectivity index (χ3v) is 3.25. The van der Waals surface area contributed by atoms with E-state index in [1.807, 2.05) is 0 Å². The van der Waals surface area contributed by atoms with Crippen LogP contribution in [0.15, 0.2) is 42.5 Å². The molecule has 22 heavy (non-hydrogen) atoms. The Labute approximate surface area is 126 Å². The van der Waals surface area contributed by atoms with Gasteiger partial charge in [0.25, 0.3) is 5.91 Å². The molecule has 0 unspecified atom stereocenters. The fraction of sp³-hybridized carbons (Fsp3) is 0.188. The SMILES string of the molecule is C[C@@H]([NH2+]CC(=O)Nc1ccc(F)cc1)c1ccc(F)c(F)c1. The van der Waals surface area contributed by atoms with Crippen LogP contribution in [0, 0.1) is 17.5 Å². The minimum Gasteiger partial charge on any atom is -0.333 e. The number of carbonyl (C=O) groups excluding carboxylic acids is 1. The second-order valence-electron chi connectivity index (χ2n) is 4.96. The number of nitrogens with one attached hydrogen (secondary N) is 1. The smallest absolute Gasteiger partial charge is 0.279 e. The largest absolute Gasteiger partial charge is 0.333 e. The van der Waals surface area contributed by atoms with Gasteiger partial charge in [-0.25, -0.2) is 13.2 Å². The molecule has 6 heteroatoms. The summed E-state index contributed by atoms with van der Waals surface area (Å²) < 4.78 is 38.8. The van der Waals surface area contributed by atoms with Gasteiger partial charge in [-0.2, -0.15) is 0 Å². The van der Waals surface area contributed by atoms with E-state index in [1.54, 1.807) is 12.2 Å². The highest BCUT2D eigenvalue weighted by atomic mass is 19.2. The highest BCUT2D eigenvalue weighted by Gasteiger charge is 2.13. The average Bonchev–Trinajstić information content (AvgIpc) is 2.50. The zero-order chi connectivity index (χ0) is 16.1. The van der Waals surface area contributed by atoms with Crippen LogP contribution in [-0.2, 0) is 4.79 Å². The Balaban J connectivity index is 1.87. The van der Waals surface area contributed by atoms with Crippen molar-refractivity contribution in [1.82, 2.24) is 0 Å². The van der Waals surface area contributed by atoms with E-state index in [0.29, 0.717) is 11.3 Å². The number of carbonyl (C=O) groups is 1. The molecule has 2 rings (SSSR count). The van der Waals surface area contributed by atoms with Gasteiger partial charge < -0.3 is 10.6 Å². The lowest BCUT2D eigenvalue weighted by Gasteiger charge is -2.11. The highest BCUT2D eigenvalue weighted by Crippen LogP contribution is 2.13. The molecule has 0 bridgehead atoms. The monoisotopic (exact) mass is 309 g/mol. The van der Waals surface area contributed by atoms with Gasteiger partial charge in [-0.15, -0.1) is 0 Å². The molecule has 1 atom stereocenters. The minimum atomic E-state index is -0.909. The topological polar surface area (TPSA) is 45.7 Å². The number of hydrogen-bond acceptors (Lipinski definition) is 1. The quantitative estimate of drug-likeness (QED) is 0.875. The predicted octanol–water partition coefficient (Wildman–Crippen LogP) is 2.37. The third-order valence-electron chi connectivity index (χ3n) is 3.25. The molecular weight excluding hydrogens is 293 g/mol. The molecule has 1 amide bonds. The molecule has 2 aromatic carbocycles. The Morgan fingerprint density at radius 1 is 1.09 bits per heavy atom. The maximum atomic E-state index is 13.2. The van der Waals surface area contributed by atoms with E-state index < -0.39 is 11.6 Å². The molecule has 3 nitrogen and oxygen atoms in total. The first-order valence-electron chi connectivity index (χ1n) is 6.79. The molecule has 0 heterocycles. The molecule has 0 aliphatic carbocycles. The molecule has 3 N–H and O–H groups in total. The second-order valence-corrected chi connectivity index (χ2v) is 4.96. The number of amides is 1. The molecule has 0 spiro atoms. The van der Waals surface area contributed by atoms with E-state index in [-0.39, 0.29) is 24.3 Å². The Bertz CT molecular complexity index is 659. The van der Waals surface area contributed by atoms with Crippen LogP contribution in [0.3, 0.4) is 0 Å². The number of hydrogen-bond donors (Lipinski definition) is 2. The van der Waals surface area contributed by atoms with E-state index >= 15 is 0 Å². The summed E-state index contributed by atoms with van der Waals surface area (Å²) in [5.74, 6) is -2.45. The fourth-order valence-electron chi connectivity index (χ4n) is 1.96. The lowest BCUT2D eigenvalue weighted by molar-refractivity contribution is -0.682. The van der Waals surface area contributed by atoms with Crippen molar-refractivity contribution in [3.05, 3.63) is 65.5 Å². The first-order chi connectivity index (χ1) is 10.5. The van der Waals surface area contributed by atoms with Crippen LogP contribution in [0.1, 0.15) is 18.5 Å². The van der Waals surface area contributed by atoms with Crippen molar-refractivity contribution in [3.63, 3.8) is 0 Å². The van der Waals surface area contributed by atoms with E-state index in [0.717, 1.165) is 12.1 Å². The van der Waals surface area contributed by atoms with Crippen LogP contribution >= 0.6 is 0 Å². The molecular formula is C16H16F3N2O+. The number of halogens is 3. The van der Waals surface area contributed by atoms with Gasteiger partial charge in [0.1, 0.15) is 11.9 Å². The first-order valence-corrected chi connectivity index (χ1v) is 6.79. The van der Waals surface area contributed by atoms with Gasteiger partial charge in [-0.1, -0.05) is 0 Å². The molecule has 116 valence electrons. The number of benzene rings is 2. The van der Waals surface area contributed by atoms with Crippen molar-refractivity contribution in [2.45, 2.75) is 13.0 Å². The van der Waals surface area contributed by atoms with Crippen LogP contribution in [-0.4, -0.2) is 12.5 Å². The maximum absolute atomic E-state index is 13.2. The predicted molar refractivity (Wildman–Crippen MR) is 76.6 cm³/mol. The van der Waals surface area contributed by atoms with E-state index in [1.165, 1.54) is 30.3 Å². The summed E-state index contributed by atoms with van der Waals surface area (Å²) in [5.41, 5.74) is 1.09. The summed E-state index contributed by atoms with van der Waals surface area (Å²) in [4.78, 5) is 11.8. The van der Waals surface area contributed by atoms with Gasteiger partial charge >= 0.3 is 0 Å². The molecule has 2 aromatic rings. The van der Waals surface area contributed by atoms with Crippen molar-refractivity contribution in [2.75, 3.05) is 11.9 Å². The normalized spacial score (nSPS) is 12.0. The zero-order valence-electron chi connectivity index (χ0n) is 11.9.